The number of thioether (sulfide) groups is 1. The summed E-state index contributed by atoms with van der Waals surface area (Å²) in [5.41, 5.74) is 3.02. The van der Waals surface area contributed by atoms with E-state index in [4.69, 9.17) is 0 Å². The summed E-state index contributed by atoms with van der Waals surface area (Å²) in [6, 6.07) is 0.299. The highest BCUT2D eigenvalue weighted by Gasteiger charge is 2.31. The van der Waals surface area contributed by atoms with Gasteiger partial charge in [0.1, 0.15) is 0 Å². The molecule has 3 amide bonds. The molecule has 2 aliphatic rings. The van der Waals surface area contributed by atoms with Crippen molar-refractivity contribution in [3.63, 3.8) is 0 Å². The fourth-order valence-corrected chi connectivity index (χ4v) is 4.27. The average molecular weight is 378 g/mol. The monoisotopic (exact) mass is 377 g/mol. The molecule has 0 spiro atoms. The Hall–Kier alpha value is -1.83. The van der Waals surface area contributed by atoms with Crippen LogP contribution in [0.25, 0.3) is 0 Å². The number of carbonyl (C=O) groups is 2. The number of nitrogens with one attached hydrogen (secondary N) is 1. The van der Waals surface area contributed by atoms with Crippen molar-refractivity contribution < 1.29 is 9.59 Å². The van der Waals surface area contributed by atoms with Gasteiger partial charge in [-0.15, -0.1) is 0 Å². The largest absolute Gasteiger partial charge is 0.343 e. The fourth-order valence-electron chi connectivity index (χ4n) is 3.81. The minimum absolute atomic E-state index is 0.0365. The second-order valence-electron chi connectivity index (χ2n) is 6.90. The van der Waals surface area contributed by atoms with Crippen LogP contribution in [0.3, 0.4) is 0 Å². The summed E-state index contributed by atoms with van der Waals surface area (Å²) in [6.07, 6.45) is 4.86. The maximum atomic E-state index is 12.6. The van der Waals surface area contributed by atoms with Crippen LogP contribution in [-0.2, 0) is 11.2 Å². The van der Waals surface area contributed by atoms with Gasteiger partial charge < -0.3 is 15.1 Å². The van der Waals surface area contributed by atoms with Gasteiger partial charge in [-0.05, 0) is 44.9 Å². The molecule has 7 nitrogen and oxygen atoms in total. The van der Waals surface area contributed by atoms with Crippen LogP contribution < -0.4 is 5.32 Å². The highest BCUT2D eigenvalue weighted by molar-refractivity contribution is 7.98. The number of urea groups is 1. The number of rotatable bonds is 5. The lowest BCUT2D eigenvalue weighted by atomic mass is 10.0. The second-order valence-corrected chi connectivity index (χ2v) is 7.67. The zero-order chi connectivity index (χ0) is 18.7. The summed E-state index contributed by atoms with van der Waals surface area (Å²) in [5, 5.41) is 3.63. The molecule has 1 N–H and O–H groups in total. The van der Waals surface area contributed by atoms with Gasteiger partial charge >= 0.3 is 6.03 Å². The average Bonchev–Trinajstić information content (AvgIpc) is 3.06. The molecule has 2 fully saturated rings. The lowest BCUT2D eigenvalue weighted by Gasteiger charge is -2.36. The van der Waals surface area contributed by atoms with E-state index in [1.165, 1.54) is 11.8 Å². The van der Waals surface area contributed by atoms with Crippen LogP contribution in [0.1, 0.15) is 36.2 Å². The number of hydrogen-bond acceptors (Lipinski definition) is 5. The number of hydrogen-bond donors (Lipinski definition) is 1. The number of piperidine rings is 1. The minimum Gasteiger partial charge on any atom is -0.343 e. The molecule has 0 unspecified atom stereocenters. The van der Waals surface area contributed by atoms with Gasteiger partial charge in [-0.1, -0.05) is 11.8 Å². The van der Waals surface area contributed by atoms with Crippen molar-refractivity contribution in [3.8, 4) is 0 Å². The Kier molecular flexibility index (Phi) is 6.01. The molecule has 1 aromatic heterocycles. The molecule has 0 bridgehead atoms. The maximum Gasteiger partial charge on any atom is 0.317 e. The first-order valence-corrected chi connectivity index (χ1v) is 10.4. The van der Waals surface area contributed by atoms with Gasteiger partial charge in [-0.3, -0.25) is 4.79 Å². The number of nitrogens with zero attached hydrogens (tertiary/aromatic N) is 4. The summed E-state index contributed by atoms with van der Waals surface area (Å²) in [7, 11) is 0. The first-order chi connectivity index (χ1) is 12.5. The van der Waals surface area contributed by atoms with Crippen LogP contribution in [0, 0.1) is 13.8 Å². The Morgan fingerprint density at radius 1 is 1.19 bits per heavy atom. The van der Waals surface area contributed by atoms with Crippen LogP contribution >= 0.6 is 11.8 Å². The lowest BCUT2D eigenvalue weighted by molar-refractivity contribution is -0.132. The van der Waals surface area contributed by atoms with Crippen molar-refractivity contribution in [2.75, 3.05) is 32.4 Å². The molecule has 3 heterocycles. The number of likely N-dealkylation sites (tertiary alicyclic amines) is 1. The summed E-state index contributed by atoms with van der Waals surface area (Å²) < 4.78 is 0. The van der Waals surface area contributed by atoms with E-state index in [1.54, 1.807) is 0 Å². The van der Waals surface area contributed by atoms with Crippen molar-refractivity contribution in [2.24, 2.45) is 0 Å². The molecule has 8 heteroatoms. The summed E-state index contributed by atoms with van der Waals surface area (Å²) >= 11 is 1.53. The second kappa shape index (κ2) is 8.24. The van der Waals surface area contributed by atoms with E-state index in [-0.39, 0.29) is 18.0 Å². The van der Waals surface area contributed by atoms with Crippen LogP contribution in [-0.4, -0.2) is 70.2 Å². The topological polar surface area (TPSA) is 78.4 Å². The Labute approximate surface area is 158 Å². The molecule has 1 aromatic rings. The van der Waals surface area contributed by atoms with E-state index in [2.05, 4.69) is 15.3 Å². The van der Waals surface area contributed by atoms with Crippen molar-refractivity contribution >= 4 is 23.7 Å². The maximum absolute atomic E-state index is 12.6. The fraction of sp³-hybridized carbons (Fsp3) is 0.667. The molecule has 0 atom stereocenters. The quantitative estimate of drug-likeness (QED) is 0.625. The summed E-state index contributed by atoms with van der Waals surface area (Å²) in [4.78, 5) is 37.2. The normalized spacial score (nSPS) is 18.3. The van der Waals surface area contributed by atoms with E-state index in [1.807, 2.05) is 29.9 Å². The highest BCUT2D eigenvalue weighted by Crippen LogP contribution is 2.21. The van der Waals surface area contributed by atoms with Crippen molar-refractivity contribution in [1.82, 2.24) is 25.1 Å². The minimum atomic E-state index is 0.0365. The van der Waals surface area contributed by atoms with E-state index in [0.717, 1.165) is 61.1 Å². The van der Waals surface area contributed by atoms with Crippen LogP contribution in [0.4, 0.5) is 4.79 Å². The van der Waals surface area contributed by atoms with E-state index in [9.17, 15) is 9.59 Å². The van der Waals surface area contributed by atoms with Gasteiger partial charge in [0.05, 0.1) is 0 Å². The molecule has 0 saturated carbocycles. The SMILES string of the molecule is CSc1nc(C)c(CCC(=O)N2CCC(N3CCNC3=O)CC2)c(C)n1. The van der Waals surface area contributed by atoms with Gasteiger partial charge in [0.15, 0.2) is 5.16 Å². The van der Waals surface area contributed by atoms with Crippen molar-refractivity contribution in [1.29, 1.82) is 0 Å². The van der Waals surface area contributed by atoms with Gasteiger partial charge in [0, 0.05) is 50.0 Å². The molecule has 2 aliphatic heterocycles. The summed E-state index contributed by atoms with van der Waals surface area (Å²) in [6.45, 7) is 6.94. The van der Waals surface area contributed by atoms with E-state index >= 15 is 0 Å². The third-order valence-electron chi connectivity index (χ3n) is 5.32. The first kappa shape index (κ1) is 18.9. The number of aromatic nitrogens is 2. The van der Waals surface area contributed by atoms with E-state index in [0.29, 0.717) is 12.8 Å². The number of carbonyl (C=O) groups excluding carboxylic acids is 2. The van der Waals surface area contributed by atoms with E-state index < -0.39 is 0 Å². The molecule has 26 heavy (non-hydrogen) atoms. The number of aryl methyl sites for hydroxylation is 2. The van der Waals surface area contributed by atoms with Crippen molar-refractivity contribution in [2.45, 2.75) is 50.7 Å². The van der Waals surface area contributed by atoms with Gasteiger partial charge in [0.25, 0.3) is 0 Å². The van der Waals surface area contributed by atoms with Gasteiger partial charge in [-0.25, -0.2) is 14.8 Å². The molecular formula is C18H27N5O2S. The highest BCUT2D eigenvalue weighted by atomic mass is 32.2. The number of amides is 3. The predicted octanol–water partition coefficient (Wildman–Crippen LogP) is 1.76. The van der Waals surface area contributed by atoms with Gasteiger partial charge in [-0.2, -0.15) is 0 Å². The predicted molar refractivity (Wildman–Crippen MR) is 101 cm³/mol. The molecule has 0 radical (unpaired) electrons. The Bertz CT molecular complexity index is 665. The first-order valence-electron chi connectivity index (χ1n) is 9.20. The zero-order valence-corrected chi connectivity index (χ0v) is 16.6. The van der Waals surface area contributed by atoms with Crippen LogP contribution in [0.5, 0.6) is 0 Å². The van der Waals surface area contributed by atoms with Crippen molar-refractivity contribution in [3.05, 3.63) is 17.0 Å². The van der Waals surface area contributed by atoms with Crippen LogP contribution in [0.2, 0.25) is 0 Å². The Morgan fingerprint density at radius 2 is 1.85 bits per heavy atom. The third kappa shape index (κ3) is 4.11. The standard InChI is InChI=1S/C18H27N5O2S/c1-12-15(13(2)21-17(20-12)26-3)4-5-16(24)22-9-6-14(7-10-22)23-11-8-19-18(23)25/h14H,4-11H2,1-3H3,(H,19,25). The summed E-state index contributed by atoms with van der Waals surface area (Å²) in [5.74, 6) is 0.182. The molecule has 2 saturated heterocycles. The lowest BCUT2D eigenvalue weighted by Crippen LogP contribution is -2.47. The zero-order valence-electron chi connectivity index (χ0n) is 15.7. The molecular weight excluding hydrogens is 350 g/mol. The molecule has 142 valence electrons. The van der Waals surface area contributed by atoms with Gasteiger partial charge in [0.2, 0.25) is 5.91 Å². The molecule has 3 rings (SSSR count). The molecule has 0 aliphatic carbocycles. The Morgan fingerprint density at radius 3 is 2.38 bits per heavy atom. The Balaban J connectivity index is 1.51. The molecule has 0 aromatic carbocycles. The van der Waals surface area contributed by atoms with Crippen LogP contribution in [0.15, 0.2) is 5.16 Å². The third-order valence-corrected chi connectivity index (χ3v) is 5.87. The smallest absolute Gasteiger partial charge is 0.317 e.